The second-order valence-corrected chi connectivity index (χ2v) is 9.15. The molecule has 2 aromatic carbocycles. The summed E-state index contributed by atoms with van der Waals surface area (Å²) in [7, 11) is 0. The van der Waals surface area contributed by atoms with E-state index in [1.165, 1.54) is 19.3 Å². The van der Waals surface area contributed by atoms with Crippen LogP contribution >= 0.6 is 0 Å². The van der Waals surface area contributed by atoms with Crippen molar-refractivity contribution in [3.63, 3.8) is 0 Å². The molecule has 2 heterocycles. The topological polar surface area (TPSA) is 53.1 Å². The van der Waals surface area contributed by atoms with Gasteiger partial charge in [-0.25, -0.2) is 0 Å². The van der Waals surface area contributed by atoms with Gasteiger partial charge in [-0.1, -0.05) is 24.6 Å². The Bertz CT molecular complexity index is 937. The predicted molar refractivity (Wildman–Crippen MR) is 123 cm³/mol. The van der Waals surface area contributed by atoms with Crippen molar-refractivity contribution >= 4 is 11.8 Å². The Hall–Kier alpha value is -2.86. The normalized spacial score (nSPS) is 20.2. The summed E-state index contributed by atoms with van der Waals surface area (Å²) in [6, 6.07) is 17.5. The molecule has 1 saturated carbocycles. The number of amides is 2. The molecule has 5 rings (SSSR count). The first-order chi connectivity index (χ1) is 15.7. The maximum Gasteiger partial charge on any atom is 0.253 e. The van der Waals surface area contributed by atoms with E-state index in [1.54, 1.807) is 17.0 Å². The lowest BCUT2D eigenvalue weighted by atomic mass is 9.91. The molecule has 6 heteroatoms. The van der Waals surface area contributed by atoms with E-state index in [4.69, 9.17) is 4.74 Å². The first-order valence-corrected chi connectivity index (χ1v) is 11.8. The Balaban J connectivity index is 1.10. The summed E-state index contributed by atoms with van der Waals surface area (Å²) >= 11 is 0. The highest BCUT2D eigenvalue weighted by atomic mass is 16.5. The Morgan fingerprint density at radius 3 is 2.16 bits per heavy atom. The Morgan fingerprint density at radius 1 is 0.750 bits per heavy atom. The van der Waals surface area contributed by atoms with Gasteiger partial charge in [0, 0.05) is 50.9 Å². The second-order valence-electron chi connectivity index (χ2n) is 9.15. The molecule has 32 heavy (non-hydrogen) atoms. The minimum absolute atomic E-state index is 0.0210. The van der Waals surface area contributed by atoms with E-state index in [-0.39, 0.29) is 17.7 Å². The highest BCUT2D eigenvalue weighted by Gasteiger charge is 2.39. The predicted octanol–water partition coefficient (Wildman–Crippen LogP) is 3.64. The number of rotatable bonds is 5. The van der Waals surface area contributed by atoms with Gasteiger partial charge in [0.15, 0.2) is 0 Å². The van der Waals surface area contributed by atoms with Gasteiger partial charge in [0.25, 0.3) is 5.91 Å². The second kappa shape index (κ2) is 9.33. The number of carbonyl (C=O) groups is 2. The largest absolute Gasteiger partial charge is 0.457 e. The van der Waals surface area contributed by atoms with Crippen LogP contribution in [-0.4, -0.2) is 71.8 Å². The number of carbonyl (C=O) groups excluding carboxylic acids is 2. The van der Waals surface area contributed by atoms with Gasteiger partial charge >= 0.3 is 0 Å². The van der Waals surface area contributed by atoms with Crippen LogP contribution in [0.4, 0.5) is 0 Å². The minimum Gasteiger partial charge on any atom is -0.457 e. The molecule has 1 aliphatic carbocycles. The van der Waals surface area contributed by atoms with E-state index >= 15 is 0 Å². The Kier molecular flexibility index (Phi) is 6.12. The van der Waals surface area contributed by atoms with Crippen molar-refractivity contribution in [2.24, 2.45) is 5.92 Å². The minimum atomic E-state index is -0.0603. The maximum absolute atomic E-state index is 13.0. The van der Waals surface area contributed by atoms with E-state index in [2.05, 4.69) is 4.90 Å². The summed E-state index contributed by atoms with van der Waals surface area (Å²) in [5.74, 6) is 1.60. The zero-order valence-corrected chi connectivity index (χ0v) is 18.5. The van der Waals surface area contributed by atoms with Crippen LogP contribution in [-0.2, 0) is 4.79 Å². The van der Waals surface area contributed by atoms with E-state index in [0.29, 0.717) is 24.4 Å². The van der Waals surface area contributed by atoms with Gasteiger partial charge in [-0.2, -0.15) is 0 Å². The molecule has 0 spiro atoms. The fraction of sp³-hybridized carbons (Fsp3) is 0.462. The van der Waals surface area contributed by atoms with Crippen molar-refractivity contribution in [1.82, 2.24) is 14.7 Å². The average Bonchev–Trinajstić information content (AvgIpc) is 2.99. The van der Waals surface area contributed by atoms with Crippen molar-refractivity contribution < 1.29 is 14.3 Å². The smallest absolute Gasteiger partial charge is 0.253 e. The number of ether oxygens (including phenoxy) is 1. The standard InChI is InChI=1S/C26H31N3O3/c30-25(20-10-12-24(13-11-20)32-23-8-2-1-3-9-23)29-18-21(19-29)26(31)28-15-5-14-27(16-17-28)22-6-4-7-22/h1-3,8-13,21-22H,4-7,14-19H2. The number of hydrogen-bond acceptors (Lipinski definition) is 4. The molecular weight excluding hydrogens is 402 g/mol. The van der Waals surface area contributed by atoms with Crippen molar-refractivity contribution in [1.29, 1.82) is 0 Å². The van der Waals surface area contributed by atoms with Crippen LogP contribution in [0, 0.1) is 5.92 Å². The van der Waals surface area contributed by atoms with Crippen LogP contribution in [0.15, 0.2) is 54.6 Å². The summed E-state index contributed by atoms with van der Waals surface area (Å²) in [6.07, 6.45) is 5.02. The first-order valence-electron chi connectivity index (χ1n) is 11.8. The molecule has 168 valence electrons. The highest BCUT2D eigenvalue weighted by molar-refractivity contribution is 5.96. The summed E-state index contributed by atoms with van der Waals surface area (Å²) in [6.45, 7) is 4.79. The van der Waals surface area contributed by atoms with Crippen molar-refractivity contribution in [2.75, 3.05) is 39.3 Å². The lowest BCUT2D eigenvalue weighted by Crippen LogP contribution is -2.56. The third-order valence-electron chi connectivity index (χ3n) is 7.03. The fourth-order valence-corrected chi connectivity index (χ4v) is 4.81. The molecule has 2 aromatic rings. The third kappa shape index (κ3) is 4.51. The van der Waals surface area contributed by atoms with Gasteiger partial charge < -0.3 is 14.5 Å². The molecule has 0 atom stereocenters. The van der Waals surface area contributed by atoms with Gasteiger partial charge in [-0.3, -0.25) is 14.5 Å². The van der Waals surface area contributed by atoms with Gasteiger partial charge in [0.1, 0.15) is 11.5 Å². The monoisotopic (exact) mass is 433 g/mol. The number of para-hydroxylation sites is 1. The summed E-state index contributed by atoms with van der Waals surface area (Å²) in [5.41, 5.74) is 0.627. The van der Waals surface area contributed by atoms with Crippen LogP contribution in [0.5, 0.6) is 11.5 Å². The zero-order valence-electron chi connectivity index (χ0n) is 18.5. The van der Waals surface area contributed by atoms with Crippen LogP contribution in [0.1, 0.15) is 36.0 Å². The van der Waals surface area contributed by atoms with E-state index < -0.39 is 0 Å². The number of likely N-dealkylation sites (tertiary alicyclic amines) is 1. The Labute approximate surface area is 189 Å². The molecule has 0 bridgehead atoms. The van der Waals surface area contributed by atoms with E-state index in [1.807, 2.05) is 47.4 Å². The number of benzene rings is 2. The molecule has 0 N–H and O–H groups in total. The van der Waals surface area contributed by atoms with Crippen LogP contribution in [0.3, 0.4) is 0 Å². The molecule has 2 aliphatic heterocycles. The van der Waals surface area contributed by atoms with Gasteiger partial charge in [0.2, 0.25) is 5.91 Å². The van der Waals surface area contributed by atoms with E-state index in [9.17, 15) is 9.59 Å². The molecule has 0 radical (unpaired) electrons. The molecular formula is C26H31N3O3. The maximum atomic E-state index is 13.0. The molecule has 2 saturated heterocycles. The lowest BCUT2D eigenvalue weighted by Gasteiger charge is -2.40. The summed E-state index contributed by atoms with van der Waals surface area (Å²) in [5, 5.41) is 0. The zero-order chi connectivity index (χ0) is 21.9. The van der Waals surface area contributed by atoms with Crippen molar-refractivity contribution in [3.8, 4) is 11.5 Å². The molecule has 0 unspecified atom stereocenters. The molecule has 6 nitrogen and oxygen atoms in total. The van der Waals surface area contributed by atoms with Gasteiger partial charge in [0.05, 0.1) is 5.92 Å². The van der Waals surface area contributed by atoms with E-state index in [0.717, 1.165) is 44.4 Å². The van der Waals surface area contributed by atoms with Crippen LogP contribution in [0.25, 0.3) is 0 Å². The molecule has 3 fully saturated rings. The summed E-state index contributed by atoms with van der Waals surface area (Å²) in [4.78, 5) is 32.1. The number of hydrogen-bond donors (Lipinski definition) is 0. The molecule has 0 aromatic heterocycles. The lowest BCUT2D eigenvalue weighted by molar-refractivity contribution is -0.139. The van der Waals surface area contributed by atoms with Gasteiger partial charge in [-0.05, 0) is 55.7 Å². The van der Waals surface area contributed by atoms with Crippen molar-refractivity contribution in [3.05, 3.63) is 60.2 Å². The average molecular weight is 434 g/mol. The molecule has 3 aliphatic rings. The van der Waals surface area contributed by atoms with Crippen LogP contribution in [0.2, 0.25) is 0 Å². The van der Waals surface area contributed by atoms with Crippen LogP contribution < -0.4 is 4.74 Å². The quantitative estimate of drug-likeness (QED) is 0.723. The molecule has 2 amide bonds. The number of nitrogens with zero attached hydrogens (tertiary/aromatic N) is 3. The SMILES string of the molecule is O=C(c1ccc(Oc2ccccc2)cc1)N1CC(C(=O)N2CCCN(C3CCC3)CC2)C1. The fourth-order valence-electron chi connectivity index (χ4n) is 4.81. The highest BCUT2D eigenvalue weighted by Crippen LogP contribution is 2.27. The summed E-state index contributed by atoms with van der Waals surface area (Å²) < 4.78 is 5.79. The Morgan fingerprint density at radius 2 is 1.47 bits per heavy atom. The van der Waals surface area contributed by atoms with Crippen molar-refractivity contribution in [2.45, 2.75) is 31.7 Å². The van der Waals surface area contributed by atoms with Gasteiger partial charge in [-0.15, -0.1) is 0 Å². The third-order valence-corrected chi connectivity index (χ3v) is 7.03. The first kappa shape index (κ1) is 21.0.